The molecule has 0 bridgehead atoms. The summed E-state index contributed by atoms with van der Waals surface area (Å²) >= 11 is 0. The highest BCUT2D eigenvalue weighted by atomic mass is 16.2. The van der Waals surface area contributed by atoms with E-state index < -0.39 is 29.1 Å². The average Bonchev–Trinajstić information content (AvgIpc) is 2.45. The summed E-state index contributed by atoms with van der Waals surface area (Å²) in [5.41, 5.74) is 9.18. The first kappa shape index (κ1) is 17.2. The molecule has 0 aliphatic heterocycles. The summed E-state index contributed by atoms with van der Waals surface area (Å²) in [6.07, 6.45) is 0.544. The maximum absolute atomic E-state index is 12.6. The highest BCUT2D eigenvalue weighted by Gasteiger charge is 2.44. The standard InChI is InChI=1S/C14H20N6O2/c1-2-6-10(21)11(22)14(19-12(15)16,20-13(17)18)9-7-4-3-5-8-9/h3-5,7-8H,2,6H2,1H3,(H4,15,16,19)(H4,17,18,20). The number of hydrogen-bond donors (Lipinski definition) is 6. The van der Waals surface area contributed by atoms with Crippen LogP contribution in [0.3, 0.4) is 0 Å². The molecule has 118 valence electrons. The Kier molecular flexibility index (Phi) is 5.62. The van der Waals surface area contributed by atoms with Gasteiger partial charge in [-0.2, -0.15) is 0 Å². The normalized spacial score (nSPS) is 12.8. The van der Waals surface area contributed by atoms with Gasteiger partial charge in [0.2, 0.25) is 17.2 Å². The van der Waals surface area contributed by atoms with Crippen LogP contribution in [0.2, 0.25) is 0 Å². The van der Waals surface area contributed by atoms with E-state index in [4.69, 9.17) is 22.3 Å². The van der Waals surface area contributed by atoms with E-state index in [1.807, 2.05) is 0 Å². The molecule has 0 amide bonds. The predicted octanol–water partition coefficient (Wildman–Crippen LogP) is -0.256. The largest absolute Gasteiger partial charge is 0.370 e. The van der Waals surface area contributed by atoms with E-state index in [0.29, 0.717) is 12.0 Å². The van der Waals surface area contributed by atoms with Crippen molar-refractivity contribution in [2.24, 2.45) is 11.5 Å². The van der Waals surface area contributed by atoms with E-state index in [1.54, 1.807) is 37.3 Å². The van der Waals surface area contributed by atoms with Crippen molar-refractivity contribution >= 4 is 23.5 Å². The van der Waals surface area contributed by atoms with Crippen LogP contribution in [0, 0.1) is 10.8 Å². The van der Waals surface area contributed by atoms with Gasteiger partial charge in [0.15, 0.2) is 11.9 Å². The van der Waals surface area contributed by atoms with Crippen molar-refractivity contribution < 1.29 is 9.59 Å². The van der Waals surface area contributed by atoms with E-state index in [9.17, 15) is 9.59 Å². The molecule has 8 nitrogen and oxygen atoms in total. The van der Waals surface area contributed by atoms with Gasteiger partial charge in [-0.15, -0.1) is 0 Å². The number of carbonyl (C=O) groups excluding carboxylic acids is 2. The van der Waals surface area contributed by atoms with Crippen LogP contribution in [0.4, 0.5) is 0 Å². The molecule has 1 aromatic carbocycles. The van der Waals surface area contributed by atoms with Crippen LogP contribution in [0.1, 0.15) is 25.3 Å². The summed E-state index contributed by atoms with van der Waals surface area (Å²) in [5.74, 6) is -2.56. The molecule has 0 heterocycles. The van der Waals surface area contributed by atoms with Gasteiger partial charge < -0.3 is 22.1 Å². The van der Waals surface area contributed by atoms with E-state index in [1.165, 1.54) is 0 Å². The van der Waals surface area contributed by atoms with Gasteiger partial charge in [-0.3, -0.25) is 20.4 Å². The molecule has 0 aromatic heterocycles. The fourth-order valence-electron chi connectivity index (χ4n) is 2.06. The molecule has 22 heavy (non-hydrogen) atoms. The van der Waals surface area contributed by atoms with Gasteiger partial charge in [-0.25, -0.2) is 0 Å². The third-order valence-electron chi connectivity index (χ3n) is 2.92. The zero-order valence-electron chi connectivity index (χ0n) is 12.3. The summed E-state index contributed by atoms with van der Waals surface area (Å²) in [4.78, 5) is 24.7. The fourth-order valence-corrected chi connectivity index (χ4v) is 2.06. The summed E-state index contributed by atoms with van der Waals surface area (Å²) < 4.78 is 0. The number of nitrogens with two attached hydrogens (primary N) is 2. The van der Waals surface area contributed by atoms with Crippen molar-refractivity contribution in [3.63, 3.8) is 0 Å². The van der Waals surface area contributed by atoms with Crippen molar-refractivity contribution in [2.45, 2.75) is 25.4 Å². The average molecular weight is 304 g/mol. The Balaban J connectivity index is 3.44. The van der Waals surface area contributed by atoms with Gasteiger partial charge in [0.05, 0.1) is 0 Å². The Labute approximate surface area is 128 Å². The lowest BCUT2D eigenvalue weighted by Gasteiger charge is -2.34. The van der Waals surface area contributed by atoms with Crippen LogP contribution in [0.25, 0.3) is 0 Å². The maximum Gasteiger partial charge on any atom is 0.248 e. The third kappa shape index (κ3) is 3.81. The number of ketones is 2. The zero-order chi connectivity index (χ0) is 16.8. The highest BCUT2D eigenvalue weighted by Crippen LogP contribution is 2.20. The van der Waals surface area contributed by atoms with Crippen molar-refractivity contribution in [2.75, 3.05) is 0 Å². The van der Waals surface area contributed by atoms with Crippen LogP contribution in [0.15, 0.2) is 30.3 Å². The van der Waals surface area contributed by atoms with Gasteiger partial charge in [0.25, 0.3) is 0 Å². The molecule has 0 unspecified atom stereocenters. The third-order valence-corrected chi connectivity index (χ3v) is 2.92. The Hall–Kier alpha value is -2.90. The zero-order valence-corrected chi connectivity index (χ0v) is 12.3. The summed E-state index contributed by atoms with van der Waals surface area (Å²) in [7, 11) is 0. The molecule has 0 aliphatic rings. The van der Waals surface area contributed by atoms with E-state index in [-0.39, 0.29) is 6.42 Å². The van der Waals surface area contributed by atoms with E-state index in [0.717, 1.165) is 0 Å². The van der Waals surface area contributed by atoms with Crippen LogP contribution in [-0.4, -0.2) is 23.5 Å². The lowest BCUT2D eigenvalue weighted by Crippen LogP contribution is -2.66. The Morgan fingerprint density at radius 2 is 1.59 bits per heavy atom. The molecule has 1 aromatic rings. The molecule has 8 N–H and O–H groups in total. The highest BCUT2D eigenvalue weighted by molar-refractivity contribution is 6.41. The molecular weight excluding hydrogens is 284 g/mol. The molecule has 0 saturated carbocycles. The van der Waals surface area contributed by atoms with Gasteiger partial charge in [-0.05, 0) is 6.42 Å². The van der Waals surface area contributed by atoms with Gasteiger partial charge in [0.1, 0.15) is 0 Å². The van der Waals surface area contributed by atoms with Gasteiger partial charge in [-0.1, -0.05) is 37.3 Å². The van der Waals surface area contributed by atoms with Crippen molar-refractivity contribution in [1.29, 1.82) is 10.8 Å². The van der Waals surface area contributed by atoms with Crippen LogP contribution >= 0.6 is 0 Å². The molecule has 0 saturated heterocycles. The van der Waals surface area contributed by atoms with Crippen LogP contribution in [-0.2, 0) is 15.3 Å². The monoisotopic (exact) mass is 304 g/mol. The topological polar surface area (TPSA) is 158 Å². The van der Waals surface area contributed by atoms with Crippen molar-refractivity contribution in [1.82, 2.24) is 10.6 Å². The molecule has 0 fully saturated rings. The molecule has 0 radical (unpaired) electrons. The molecule has 0 atom stereocenters. The summed E-state index contributed by atoms with van der Waals surface area (Å²) in [6, 6.07) is 8.19. The lowest BCUT2D eigenvalue weighted by molar-refractivity contribution is -0.141. The lowest BCUT2D eigenvalue weighted by atomic mass is 9.90. The first-order chi connectivity index (χ1) is 10.3. The number of carbonyl (C=O) groups is 2. The maximum atomic E-state index is 12.6. The second kappa shape index (κ2) is 7.21. The van der Waals surface area contributed by atoms with E-state index in [2.05, 4.69) is 10.6 Å². The second-order valence-electron chi connectivity index (χ2n) is 4.70. The molecule has 1 rings (SSSR count). The smallest absolute Gasteiger partial charge is 0.248 e. The Morgan fingerprint density at radius 1 is 1.09 bits per heavy atom. The summed E-state index contributed by atoms with van der Waals surface area (Å²) in [5, 5.41) is 19.7. The fraction of sp³-hybridized carbons (Fsp3) is 0.286. The molecule has 0 aliphatic carbocycles. The number of benzene rings is 1. The van der Waals surface area contributed by atoms with Gasteiger partial charge >= 0.3 is 0 Å². The first-order valence-electron chi connectivity index (χ1n) is 6.71. The Morgan fingerprint density at radius 3 is 2.00 bits per heavy atom. The molecule has 8 heteroatoms. The number of Topliss-reactive ketones (excluding diaryl/α,β-unsaturated/α-hetero) is 2. The predicted molar refractivity (Wildman–Crippen MR) is 83.1 cm³/mol. The quantitative estimate of drug-likeness (QED) is 0.176. The SMILES string of the molecule is CCCC(=O)C(=O)C(NC(=N)N)(NC(=N)N)c1ccccc1. The van der Waals surface area contributed by atoms with Crippen LogP contribution in [0.5, 0.6) is 0 Å². The second-order valence-corrected chi connectivity index (χ2v) is 4.70. The van der Waals surface area contributed by atoms with E-state index >= 15 is 0 Å². The Bertz CT molecular complexity index is 568. The minimum atomic E-state index is -1.87. The minimum Gasteiger partial charge on any atom is -0.370 e. The molecule has 0 spiro atoms. The number of rotatable bonds is 7. The number of guanidine groups is 2. The number of hydrogen-bond acceptors (Lipinski definition) is 4. The first-order valence-corrected chi connectivity index (χ1v) is 6.71. The minimum absolute atomic E-state index is 0.0482. The van der Waals surface area contributed by atoms with Crippen molar-refractivity contribution in [3.05, 3.63) is 35.9 Å². The summed E-state index contributed by atoms with van der Waals surface area (Å²) in [6.45, 7) is 1.77. The number of nitrogens with one attached hydrogen (secondary N) is 4. The molecular formula is C14H20N6O2. The van der Waals surface area contributed by atoms with Gasteiger partial charge in [0, 0.05) is 12.0 Å². The van der Waals surface area contributed by atoms with Crippen molar-refractivity contribution in [3.8, 4) is 0 Å². The van der Waals surface area contributed by atoms with Crippen LogP contribution < -0.4 is 22.1 Å².